The lowest BCUT2D eigenvalue weighted by atomic mass is 10.0. The molecule has 0 aliphatic heterocycles. The highest BCUT2D eigenvalue weighted by atomic mass is 14.8. The normalized spacial score (nSPS) is 12.1. The largest absolute Gasteiger partial charge is 0.394 e. The number of H-pyrrole nitrogens is 1. The number of rotatable bonds is 3. The summed E-state index contributed by atoms with van der Waals surface area (Å²) in [5.41, 5.74) is 5.13. The van der Waals surface area contributed by atoms with Crippen LogP contribution in [-0.2, 0) is 6.42 Å². The minimum absolute atomic E-state index is 1.07. The van der Waals surface area contributed by atoms with Crippen LogP contribution < -0.4 is 5.32 Å². The van der Waals surface area contributed by atoms with E-state index in [-0.39, 0.29) is 0 Å². The number of benzene rings is 1. The maximum atomic E-state index is 3.30. The molecule has 2 rings (SSSR count). The van der Waals surface area contributed by atoms with Gasteiger partial charge in [-0.2, -0.15) is 0 Å². The van der Waals surface area contributed by atoms with Crippen LogP contribution in [0.25, 0.3) is 16.5 Å². The van der Waals surface area contributed by atoms with E-state index in [1.165, 1.54) is 27.6 Å². The molecule has 0 atom stereocenters. The second kappa shape index (κ2) is 4.44. The minimum atomic E-state index is 1.07. The van der Waals surface area contributed by atoms with Gasteiger partial charge in [0.15, 0.2) is 0 Å². The fourth-order valence-corrected chi connectivity index (χ4v) is 2.02. The van der Waals surface area contributed by atoms with Crippen LogP contribution in [0.3, 0.4) is 0 Å². The maximum absolute atomic E-state index is 3.30. The summed E-state index contributed by atoms with van der Waals surface area (Å²) in [5.74, 6) is 0. The highest BCUT2D eigenvalue weighted by molar-refractivity contribution is 5.86. The van der Waals surface area contributed by atoms with Crippen LogP contribution in [0.1, 0.15) is 25.0 Å². The summed E-state index contributed by atoms with van der Waals surface area (Å²) in [6.45, 7) is 4.31. The van der Waals surface area contributed by atoms with Crippen molar-refractivity contribution in [1.29, 1.82) is 0 Å². The standard InChI is InChI=1S/C14H18N2/c1-4-11-9-16-14-6-5-12(7-13(11)14)10(2)8-15-3/h5-9,15-16H,4H2,1-3H3/b10-8+. The molecule has 2 N–H and O–H groups in total. The van der Waals surface area contributed by atoms with E-state index < -0.39 is 0 Å². The molecule has 0 spiro atoms. The van der Waals surface area contributed by atoms with Gasteiger partial charge in [0, 0.05) is 24.1 Å². The number of nitrogens with one attached hydrogen (secondary N) is 2. The van der Waals surface area contributed by atoms with Gasteiger partial charge in [-0.3, -0.25) is 0 Å². The molecule has 2 nitrogen and oxygen atoms in total. The zero-order chi connectivity index (χ0) is 11.5. The molecule has 0 bridgehead atoms. The molecule has 0 unspecified atom stereocenters. The zero-order valence-corrected chi connectivity index (χ0v) is 10.1. The molecule has 0 saturated carbocycles. The van der Waals surface area contributed by atoms with E-state index in [0.717, 1.165) is 6.42 Å². The summed E-state index contributed by atoms with van der Waals surface area (Å²) in [4.78, 5) is 3.30. The Morgan fingerprint density at radius 2 is 2.25 bits per heavy atom. The summed E-state index contributed by atoms with van der Waals surface area (Å²) in [6, 6.07) is 6.56. The molecular weight excluding hydrogens is 196 g/mol. The van der Waals surface area contributed by atoms with Crippen molar-refractivity contribution in [3.63, 3.8) is 0 Å². The second-order valence-corrected chi connectivity index (χ2v) is 4.04. The third-order valence-corrected chi connectivity index (χ3v) is 2.96. The first-order valence-corrected chi connectivity index (χ1v) is 5.70. The molecular formula is C14H18N2. The van der Waals surface area contributed by atoms with Crippen LogP contribution in [0, 0.1) is 0 Å². The third-order valence-electron chi connectivity index (χ3n) is 2.96. The van der Waals surface area contributed by atoms with Gasteiger partial charge in [-0.1, -0.05) is 13.0 Å². The first-order chi connectivity index (χ1) is 7.76. The lowest BCUT2D eigenvalue weighted by Gasteiger charge is -2.03. The molecule has 0 fully saturated rings. The molecule has 1 heterocycles. The van der Waals surface area contributed by atoms with E-state index in [2.05, 4.69) is 48.5 Å². The first-order valence-electron chi connectivity index (χ1n) is 5.70. The van der Waals surface area contributed by atoms with Crippen molar-refractivity contribution in [1.82, 2.24) is 10.3 Å². The van der Waals surface area contributed by atoms with Crippen molar-refractivity contribution < 1.29 is 0 Å². The quantitative estimate of drug-likeness (QED) is 0.806. The molecule has 2 aromatic rings. The number of aromatic nitrogens is 1. The van der Waals surface area contributed by atoms with Crippen molar-refractivity contribution in [2.45, 2.75) is 20.3 Å². The van der Waals surface area contributed by atoms with E-state index in [1.807, 2.05) is 13.2 Å². The number of fused-ring (bicyclic) bond motifs is 1. The van der Waals surface area contributed by atoms with E-state index in [1.54, 1.807) is 0 Å². The number of hydrogen-bond acceptors (Lipinski definition) is 1. The predicted octanol–water partition coefficient (Wildman–Crippen LogP) is 3.31. The number of allylic oxidation sites excluding steroid dienone is 1. The van der Waals surface area contributed by atoms with Crippen molar-refractivity contribution in [3.8, 4) is 0 Å². The monoisotopic (exact) mass is 214 g/mol. The molecule has 1 aromatic heterocycles. The Labute approximate surface area is 96.4 Å². The fourth-order valence-electron chi connectivity index (χ4n) is 2.02. The van der Waals surface area contributed by atoms with Crippen molar-refractivity contribution in [3.05, 3.63) is 41.7 Å². The molecule has 0 radical (unpaired) electrons. The van der Waals surface area contributed by atoms with Gasteiger partial charge in [-0.05, 0) is 48.4 Å². The van der Waals surface area contributed by atoms with Crippen LogP contribution in [0.4, 0.5) is 0 Å². The van der Waals surface area contributed by atoms with Gasteiger partial charge in [-0.25, -0.2) is 0 Å². The summed E-state index contributed by atoms with van der Waals surface area (Å²) in [7, 11) is 1.93. The smallest absolute Gasteiger partial charge is 0.0457 e. The second-order valence-electron chi connectivity index (χ2n) is 4.04. The Morgan fingerprint density at radius 3 is 2.94 bits per heavy atom. The predicted molar refractivity (Wildman–Crippen MR) is 70.4 cm³/mol. The fraction of sp³-hybridized carbons (Fsp3) is 0.286. The van der Waals surface area contributed by atoms with Gasteiger partial charge < -0.3 is 10.3 Å². The lowest BCUT2D eigenvalue weighted by Crippen LogP contribution is -1.94. The van der Waals surface area contributed by atoms with Crippen molar-refractivity contribution in [2.75, 3.05) is 7.05 Å². The van der Waals surface area contributed by atoms with Crippen LogP contribution >= 0.6 is 0 Å². The van der Waals surface area contributed by atoms with Crippen LogP contribution in [0.5, 0.6) is 0 Å². The minimum Gasteiger partial charge on any atom is -0.394 e. The summed E-state index contributed by atoms with van der Waals surface area (Å²) in [6.07, 6.45) is 5.20. The van der Waals surface area contributed by atoms with Crippen molar-refractivity contribution >= 4 is 16.5 Å². The molecule has 16 heavy (non-hydrogen) atoms. The topological polar surface area (TPSA) is 27.8 Å². The molecule has 2 heteroatoms. The summed E-state index contributed by atoms with van der Waals surface area (Å²) >= 11 is 0. The average molecular weight is 214 g/mol. The Morgan fingerprint density at radius 1 is 1.44 bits per heavy atom. The van der Waals surface area contributed by atoms with E-state index >= 15 is 0 Å². The summed E-state index contributed by atoms with van der Waals surface area (Å²) in [5, 5.41) is 4.40. The Hall–Kier alpha value is -1.70. The van der Waals surface area contributed by atoms with Crippen LogP contribution in [0.2, 0.25) is 0 Å². The van der Waals surface area contributed by atoms with E-state index in [0.29, 0.717) is 0 Å². The van der Waals surface area contributed by atoms with Crippen LogP contribution in [-0.4, -0.2) is 12.0 Å². The Bertz CT molecular complexity index is 521. The SMILES string of the molecule is CCc1c[nH]c2ccc(/C(C)=C/NC)cc12. The Kier molecular flexibility index (Phi) is 3.00. The van der Waals surface area contributed by atoms with Crippen LogP contribution in [0.15, 0.2) is 30.6 Å². The molecule has 0 saturated heterocycles. The Balaban J connectivity index is 2.53. The molecule has 1 aromatic carbocycles. The van der Waals surface area contributed by atoms with Gasteiger partial charge in [-0.15, -0.1) is 0 Å². The number of hydrogen-bond donors (Lipinski definition) is 2. The van der Waals surface area contributed by atoms with E-state index in [4.69, 9.17) is 0 Å². The maximum Gasteiger partial charge on any atom is 0.0457 e. The first kappa shape index (κ1) is 10.8. The highest BCUT2D eigenvalue weighted by Gasteiger charge is 2.03. The lowest BCUT2D eigenvalue weighted by molar-refractivity contribution is 1.10. The van der Waals surface area contributed by atoms with Gasteiger partial charge in [0.05, 0.1) is 0 Å². The van der Waals surface area contributed by atoms with Gasteiger partial charge >= 0.3 is 0 Å². The number of aromatic amines is 1. The average Bonchev–Trinajstić information content (AvgIpc) is 2.71. The van der Waals surface area contributed by atoms with E-state index in [9.17, 15) is 0 Å². The molecule has 0 aliphatic rings. The molecule has 0 amide bonds. The summed E-state index contributed by atoms with van der Waals surface area (Å²) < 4.78 is 0. The number of aryl methyl sites for hydroxylation is 1. The van der Waals surface area contributed by atoms with Crippen molar-refractivity contribution in [2.24, 2.45) is 0 Å². The van der Waals surface area contributed by atoms with Gasteiger partial charge in [0.2, 0.25) is 0 Å². The third kappa shape index (κ3) is 1.83. The van der Waals surface area contributed by atoms with Gasteiger partial charge in [0.1, 0.15) is 0 Å². The highest BCUT2D eigenvalue weighted by Crippen LogP contribution is 2.23. The molecule has 0 aliphatic carbocycles. The van der Waals surface area contributed by atoms with Gasteiger partial charge in [0.25, 0.3) is 0 Å². The zero-order valence-electron chi connectivity index (χ0n) is 10.1. The molecule has 84 valence electrons.